The number of hydrogen-bond acceptors (Lipinski definition) is 6. The molecular weight excluding hydrogens is 384 g/mol. The Morgan fingerprint density at radius 3 is 2.79 bits per heavy atom. The predicted molar refractivity (Wildman–Crippen MR) is 101 cm³/mol. The lowest BCUT2D eigenvalue weighted by Crippen LogP contribution is -2.42. The molecule has 0 fully saturated rings. The van der Waals surface area contributed by atoms with Crippen LogP contribution < -0.4 is 11.2 Å². The van der Waals surface area contributed by atoms with E-state index in [1.807, 2.05) is 0 Å². The van der Waals surface area contributed by atoms with Crippen LogP contribution in [0.2, 0.25) is 5.02 Å². The predicted octanol–water partition coefficient (Wildman–Crippen LogP) is 1.71. The molecule has 0 aliphatic carbocycles. The number of fused-ring (bicyclic) bond motifs is 1. The highest BCUT2D eigenvalue weighted by molar-refractivity contribution is 6.30. The number of aliphatic hydroxyl groups is 1. The molecular formula is C19H19ClN4O4. The maximum Gasteiger partial charge on any atom is 0.331 e. The molecule has 1 aliphatic heterocycles. The molecule has 1 atom stereocenters. The lowest BCUT2D eigenvalue weighted by Gasteiger charge is -2.18. The van der Waals surface area contributed by atoms with E-state index < -0.39 is 6.10 Å². The molecule has 1 unspecified atom stereocenters. The molecule has 1 aromatic carbocycles. The number of benzene rings is 1. The summed E-state index contributed by atoms with van der Waals surface area (Å²) in [4.78, 5) is 29.2. The Balaban J connectivity index is 1.52. The molecule has 9 heteroatoms. The summed E-state index contributed by atoms with van der Waals surface area (Å²) in [6, 6.07) is 8.33. The van der Waals surface area contributed by atoms with Gasteiger partial charge in [0.2, 0.25) is 5.89 Å². The molecule has 3 heterocycles. The maximum atomic E-state index is 12.6. The van der Waals surface area contributed by atoms with E-state index in [0.717, 1.165) is 29.5 Å². The minimum Gasteiger partial charge on any atom is -0.388 e. The van der Waals surface area contributed by atoms with Crippen molar-refractivity contribution in [1.29, 1.82) is 0 Å². The van der Waals surface area contributed by atoms with Gasteiger partial charge in [0.25, 0.3) is 5.56 Å². The normalized spacial score (nSPS) is 14.6. The highest BCUT2D eigenvalue weighted by Gasteiger charge is 2.18. The van der Waals surface area contributed by atoms with Crippen molar-refractivity contribution in [1.82, 2.24) is 19.3 Å². The van der Waals surface area contributed by atoms with E-state index in [9.17, 15) is 14.7 Å². The molecule has 1 aliphatic rings. The number of halogens is 1. The van der Waals surface area contributed by atoms with Crippen LogP contribution in [0.5, 0.6) is 0 Å². The molecule has 28 heavy (non-hydrogen) atoms. The van der Waals surface area contributed by atoms with E-state index >= 15 is 0 Å². The Bertz CT molecular complexity index is 1100. The van der Waals surface area contributed by atoms with Gasteiger partial charge in [-0.3, -0.25) is 13.9 Å². The Morgan fingerprint density at radius 2 is 2.00 bits per heavy atom. The average Bonchev–Trinajstić information content (AvgIpc) is 3.12. The van der Waals surface area contributed by atoms with Crippen LogP contribution in [0.25, 0.3) is 0 Å². The third-order valence-electron chi connectivity index (χ3n) is 4.86. The van der Waals surface area contributed by atoms with E-state index in [4.69, 9.17) is 16.1 Å². The Labute approximate surface area is 165 Å². The first kappa shape index (κ1) is 18.6. The van der Waals surface area contributed by atoms with Crippen molar-refractivity contribution in [2.45, 2.75) is 44.9 Å². The fraction of sp³-hybridized carbons (Fsp3) is 0.368. The fourth-order valence-corrected chi connectivity index (χ4v) is 3.50. The monoisotopic (exact) mass is 402 g/mol. The van der Waals surface area contributed by atoms with E-state index in [1.54, 1.807) is 28.8 Å². The van der Waals surface area contributed by atoms with E-state index in [-0.39, 0.29) is 30.1 Å². The third-order valence-corrected chi connectivity index (χ3v) is 5.12. The minimum absolute atomic E-state index is 0.0953. The summed E-state index contributed by atoms with van der Waals surface area (Å²) in [6.45, 7) is 0.513. The van der Waals surface area contributed by atoms with Gasteiger partial charge in [0.05, 0.1) is 6.10 Å². The van der Waals surface area contributed by atoms with Gasteiger partial charge in [-0.05, 0) is 37.0 Å². The van der Waals surface area contributed by atoms with Gasteiger partial charge in [0.1, 0.15) is 6.54 Å². The van der Waals surface area contributed by atoms with Crippen LogP contribution in [0.1, 0.15) is 41.9 Å². The van der Waals surface area contributed by atoms with Gasteiger partial charge >= 0.3 is 5.69 Å². The molecule has 0 radical (unpaired) electrons. The van der Waals surface area contributed by atoms with Crippen molar-refractivity contribution in [3.63, 3.8) is 0 Å². The smallest absolute Gasteiger partial charge is 0.331 e. The van der Waals surface area contributed by atoms with Crippen molar-refractivity contribution in [2.75, 3.05) is 0 Å². The zero-order valence-electron chi connectivity index (χ0n) is 15.0. The van der Waals surface area contributed by atoms with Crippen LogP contribution in [-0.2, 0) is 25.9 Å². The van der Waals surface area contributed by atoms with Gasteiger partial charge in [-0.15, -0.1) is 0 Å². The summed E-state index contributed by atoms with van der Waals surface area (Å²) in [5.41, 5.74) is 0.719. The molecule has 4 rings (SSSR count). The zero-order valence-corrected chi connectivity index (χ0v) is 15.8. The Hall–Kier alpha value is -2.71. The first-order chi connectivity index (χ1) is 13.5. The molecule has 0 saturated heterocycles. The second kappa shape index (κ2) is 7.73. The first-order valence-corrected chi connectivity index (χ1v) is 9.47. The van der Waals surface area contributed by atoms with Gasteiger partial charge in [-0.25, -0.2) is 4.79 Å². The topological polar surface area (TPSA) is 103 Å². The van der Waals surface area contributed by atoms with Crippen molar-refractivity contribution in [2.24, 2.45) is 0 Å². The van der Waals surface area contributed by atoms with Crippen LogP contribution in [0, 0.1) is 0 Å². The SMILES string of the molecule is O=c1cc2n(c(=O)n1Cc1nc(CC(O)c3ccc(Cl)cc3)no1)CCCC2. The molecule has 146 valence electrons. The standard InChI is InChI=1S/C19H19ClN4O4/c20-13-6-4-12(5-7-13)15(25)10-16-21-17(28-22-16)11-24-18(26)9-14-3-1-2-8-23(14)19(24)27/h4-7,9,15,25H,1-3,8,10-11H2. The van der Waals surface area contributed by atoms with Crippen molar-refractivity contribution in [3.8, 4) is 0 Å². The molecule has 0 saturated carbocycles. The van der Waals surface area contributed by atoms with Crippen LogP contribution in [0.3, 0.4) is 0 Å². The second-order valence-corrected chi connectivity index (χ2v) is 7.26. The lowest BCUT2D eigenvalue weighted by atomic mass is 10.1. The Morgan fingerprint density at radius 1 is 1.21 bits per heavy atom. The zero-order chi connectivity index (χ0) is 19.7. The van der Waals surface area contributed by atoms with Crippen LogP contribution in [0.4, 0.5) is 0 Å². The largest absolute Gasteiger partial charge is 0.388 e. The summed E-state index contributed by atoms with van der Waals surface area (Å²) in [5.74, 6) is 0.442. The quantitative estimate of drug-likeness (QED) is 0.696. The van der Waals surface area contributed by atoms with Gasteiger partial charge in [0, 0.05) is 29.7 Å². The van der Waals surface area contributed by atoms with Gasteiger partial charge in [-0.1, -0.05) is 28.9 Å². The highest BCUT2D eigenvalue weighted by atomic mass is 35.5. The molecule has 1 N–H and O–H groups in total. The third kappa shape index (κ3) is 3.79. The van der Waals surface area contributed by atoms with Crippen LogP contribution in [-0.4, -0.2) is 24.4 Å². The Kier molecular flexibility index (Phi) is 5.15. The number of hydrogen-bond donors (Lipinski definition) is 1. The number of aliphatic hydroxyl groups excluding tert-OH is 1. The lowest BCUT2D eigenvalue weighted by molar-refractivity contribution is 0.174. The van der Waals surface area contributed by atoms with E-state index in [0.29, 0.717) is 23.0 Å². The van der Waals surface area contributed by atoms with Gasteiger partial charge < -0.3 is 9.63 Å². The minimum atomic E-state index is -0.820. The number of aryl methyl sites for hydroxylation is 1. The van der Waals surface area contributed by atoms with Crippen LogP contribution in [0.15, 0.2) is 44.4 Å². The molecule has 0 bridgehead atoms. The molecule has 8 nitrogen and oxygen atoms in total. The summed E-state index contributed by atoms with van der Waals surface area (Å²) in [6.07, 6.45) is 1.95. The summed E-state index contributed by atoms with van der Waals surface area (Å²) >= 11 is 5.85. The number of nitrogens with zero attached hydrogens (tertiary/aromatic N) is 4. The van der Waals surface area contributed by atoms with Crippen molar-refractivity contribution in [3.05, 3.63) is 79.2 Å². The van der Waals surface area contributed by atoms with Crippen molar-refractivity contribution >= 4 is 11.6 Å². The number of aromatic nitrogens is 4. The fourth-order valence-electron chi connectivity index (χ4n) is 3.38. The highest BCUT2D eigenvalue weighted by Crippen LogP contribution is 2.19. The molecule has 2 aromatic heterocycles. The van der Waals surface area contributed by atoms with Crippen LogP contribution >= 0.6 is 11.6 Å². The molecule has 3 aromatic rings. The first-order valence-electron chi connectivity index (χ1n) is 9.10. The van der Waals surface area contributed by atoms with E-state index in [1.165, 1.54) is 6.07 Å². The van der Waals surface area contributed by atoms with Gasteiger partial charge in [0.15, 0.2) is 5.82 Å². The molecule has 0 spiro atoms. The summed E-state index contributed by atoms with van der Waals surface area (Å²) in [5, 5.41) is 14.7. The second-order valence-electron chi connectivity index (χ2n) is 6.83. The van der Waals surface area contributed by atoms with E-state index in [2.05, 4.69) is 10.1 Å². The maximum absolute atomic E-state index is 12.6. The van der Waals surface area contributed by atoms with Gasteiger partial charge in [-0.2, -0.15) is 4.98 Å². The number of rotatable bonds is 5. The van der Waals surface area contributed by atoms with Crippen molar-refractivity contribution < 1.29 is 9.63 Å². The summed E-state index contributed by atoms with van der Waals surface area (Å²) in [7, 11) is 0. The summed E-state index contributed by atoms with van der Waals surface area (Å²) < 4.78 is 7.91. The average molecular weight is 403 g/mol. The molecule has 0 amide bonds.